The lowest BCUT2D eigenvalue weighted by molar-refractivity contribution is -0.127. The largest absolute Gasteiger partial charge is 0.391 e. The van der Waals surface area contributed by atoms with Crippen molar-refractivity contribution < 1.29 is 9.90 Å². The molecule has 0 bridgehead atoms. The van der Waals surface area contributed by atoms with Crippen molar-refractivity contribution in [2.24, 2.45) is 5.92 Å². The van der Waals surface area contributed by atoms with Crippen molar-refractivity contribution in [3.63, 3.8) is 0 Å². The quantitative estimate of drug-likeness (QED) is 0.840. The molecular weight excluding hydrogens is 240 g/mol. The van der Waals surface area contributed by atoms with Gasteiger partial charge in [-0.2, -0.15) is 0 Å². The zero-order valence-corrected chi connectivity index (χ0v) is 11.0. The standard InChI is InChI=1S/C15H20N2O2/c18-14-10-17(8-11-4-2-1-3-5-11)9-13(14)15(19)16-12-6-7-12/h1-5,12-14,18H,6-10H2,(H,16,19)/t13-,14-/m0/s1. The molecule has 1 saturated heterocycles. The summed E-state index contributed by atoms with van der Waals surface area (Å²) in [6.07, 6.45) is 1.63. The van der Waals surface area contributed by atoms with Crippen LogP contribution in [0.4, 0.5) is 0 Å². The van der Waals surface area contributed by atoms with Gasteiger partial charge in [-0.1, -0.05) is 30.3 Å². The van der Waals surface area contributed by atoms with Crippen LogP contribution in [0, 0.1) is 5.92 Å². The molecule has 102 valence electrons. The van der Waals surface area contributed by atoms with E-state index in [-0.39, 0.29) is 11.8 Å². The molecule has 2 N–H and O–H groups in total. The summed E-state index contributed by atoms with van der Waals surface area (Å²) in [4.78, 5) is 14.2. The van der Waals surface area contributed by atoms with Gasteiger partial charge in [0, 0.05) is 25.7 Å². The van der Waals surface area contributed by atoms with Gasteiger partial charge in [-0.05, 0) is 18.4 Å². The molecule has 2 aliphatic rings. The summed E-state index contributed by atoms with van der Waals surface area (Å²) >= 11 is 0. The summed E-state index contributed by atoms with van der Waals surface area (Å²) in [6, 6.07) is 10.5. The van der Waals surface area contributed by atoms with Gasteiger partial charge in [0.1, 0.15) is 0 Å². The van der Waals surface area contributed by atoms with Crippen LogP contribution in [0.5, 0.6) is 0 Å². The lowest BCUT2D eigenvalue weighted by Gasteiger charge is -2.15. The number of aliphatic hydroxyl groups excluding tert-OH is 1. The van der Waals surface area contributed by atoms with Crippen molar-refractivity contribution in [1.29, 1.82) is 0 Å². The number of nitrogens with zero attached hydrogens (tertiary/aromatic N) is 1. The van der Waals surface area contributed by atoms with Crippen molar-refractivity contribution in [1.82, 2.24) is 10.2 Å². The van der Waals surface area contributed by atoms with Gasteiger partial charge in [0.25, 0.3) is 0 Å². The van der Waals surface area contributed by atoms with E-state index < -0.39 is 6.10 Å². The van der Waals surface area contributed by atoms with Crippen LogP contribution < -0.4 is 5.32 Å². The third kappa shape index (κ3) is 3.14. The maximum Gasteiger partial charge on any atom is 0.227 e. The summed E-state index contributed by atoms with van der Waals surface area (Å²) in [5.41, 5.74) is 1.22. The average Bonchev–Trinajstić information content (AvgIpc) is 3.13. The second kappa shape index (κ2) is 5.31. The zero-order valence-electron chi connectivity index (χ0n) is 11.0. The summed E-state index contributed by atoms with van der Waals surface area (Å²) < 4.78 is 0. The maximum atomic E-state index is 12.0. The molecule has 0 aromatic heterocycles. The molecule has 19 heavy (non-hydrogen) atoms. The Labute approximate surface area is 113 Å². The number of rotatable bonds is 4. The number of nitrogens with one attached hydrogen (secondary N) is 1. The fourth-order valence-corrected chi connectivity index (χ4v) is 2.63. The molecule has 2 fully saturated rings. The normalized spacial score (nSPS) is 27.4. The molecule has 1 amide bonds. The fraction of sp³-hybridized carbons (Fsp3) is 0.533. The molecule has 1 heterocycles. The van der Waals surface area contributed by atoms with Crippen LogP contribution in [0.2, 0.25) is 0 Å². The Morgan fingerprint density at radius 3 is 2.68 bits per heavy atom. The number of carbonyl (C=O) groups excluding carboxylic acids is 1. The van der Waals surface area contributed by atoms with Crippen LogP contribution in [-0.2, 0) is 11.3 Å². The lowest BCUT2D eigenvalue weighted by atomic mass is 10.1. The van der Waals surface area contributed by atoms with Gasteiger partial charge in [-0.25, -0.2) is 0 Å². The van der Waals surface area contributed by atoms with Crippen molar-refractivity contribution in [3.8, 4) is 0 Å². The number of hydrogen-bond acceptors (Lipinski definition) is 3. The molecule has 0 unspecified atom stereocenters. The monoisotopic (exact) mass is 260 g/mol. The first kappa shape index (κ1) is 12.6. The fourth-order valence-electron chi connectivity index (χ4n) is 2.63. The van der Waals surface area contributed by atoms with Gasteiger partial charge < -0.3 is 10.4 Å². The minimum Gasteiger partial charge on any atom is -0.391 e. The van der Waals surface area contributed by atoms with E-state index in [0.29, 0.717) is 19.1 Å². The second-order valence-electron chi connectivity index (χ2n) is 5.64. The Balaban J connectivity index is 1.56. The molecule has 4 heteroatoms. The lowest BCUT2D eigenvalue weighted by Crippen LogP contribution is -2.38. The molecule has 2 atom stereocenters. The third-order valence-electron chi connectivity index (χ3n) is 3.87. The topological polar surface area (TPSA) is 52.6 Å². The Bertz CT molecular complexity index is 445. The van der Waals surface area contributed by atoms with E-state index >= 15 is 0 Å². The predicted molar refractivity (Wildman–Crippen MR) is 72.4 cm³/mol. The van der Waals surface area contributed by atoms with Gasteiger partial charge in [0.15, 0.2) is 0 Å². The van der Waals surface area contributed by atoms with E-state index in [0.717, 1.165) is 19.4 Å². The molecule has 1 aliphatic heterocycles. The van der Waals surface area contributed by atoms with E-state index in [9.17, 15) is 9.90 Å². The molecule has 0 spiro atoms. The molecule has 4 nitrogen and oxygen atoms in total. The van der Waals surface area contributed by atoms with Crippen molar-refractivity contribution >= 4 is 5.91 Å². The van der Waals surface area contributed by atoms with Crippen LogP contribution in [-0.4, -0.2) is 41.1 Å². The van der Waals surface area contributed by atoms with E-state index in [1.54, 1.807) is 0 Å². The number of amides is 1. The number of carbonyl (C=O) groups is 1. The van der Waals surface area contributed by atoms with E-state index in [4.69, 9.17) is 0 Å². The smallest absolute Gasteiger partial charge is 0.227 e. The van der Waals surface area contributed by atoms with Gasteiger partial charge in [-0.15, -0.1) is 0 Å². The van der Waals surface area contributed by atoms with Gasteiger partial charge >= 0.3 is 0 Å². The Kier molecular flexibility index (Phi) is 3.53. The Hall–Kier alpha value is -1.39. The first-order chi connectivity index (χ1) is 9.22. The summed E-state index contributed by atoms with van der Waals surface area (Å²) in [7, 11) is 0. The van der Waals surface area contributed by atoms with Crippen molar-refractivity contribution in [3.05, 3.63) is 35.9 Å². The van der Waals surface area contributed by atoms with Crippen molar-refractivity contribution in [2.75, 3.05) is 13.1 Å². The third-order valence-corrected chi connectivity index (χ3v) is 3.87. The number of aliphatic hydroxyl groups is 1. The average molecular weight is 260 g/mol. The Morgan fingerprint density at radius 1 is 1.26 bits per heavy atom. The molecule has 1 aliphatic carbocycles. The maximum absolute atomic E-state index is 12.0. The van der Waals surface area contributed by atoms with Crippen LogP contribution in [0.15, 0.2) is 30.3 Å². The molecule has 1 saturated carbocycles. The first-order valence-corrected chi connectivity index (χ1v) is 6.97. The summed E-state index contributed by atoms with van der Waals surface area (Å²) in [5.74, 6) is -0.255. The van der Waals surface area contributed by atoms with Gasteiger partial charge in [0.2, 0.25) is 5.91 Å². The van der Waals surface area contributed by atoms with E-state index in [2.05, 4.69) is 22.3 Å². The van der Waals surface area contributed by atoms with Crippen LogP contribution in [0.25, 0.3) is 0 Å². The van der Waals surface area contributed by atoms with Crippen LogP contribution in [0.1, 0.15) is 18.4 Å². The number of β-amino-alcohol motifs (C(OH)–C–C–N with tert-alkyl or cyclic N) is 1. The highest BCUT2D eigenvalue weighted by Crippen LogP contribution is 2.23. The zero-order chi connectivity index (χ0) is 13.2. The van der Waals surface area contributed by atoms with Crippen LogP contribution >= 0.6 is 0 Å². The predicted octanol–water partition coefficient (Wildman–Crippen LogP) is 0.758. The summed E-state index contributed by atoms with van der Waals surface area (Å²) in [5, 5.41) is 13.0. The minimum absolute atomic E-state index is 0.0190. The number of hydrogen-bond donors (Lipinski definition) is 2. The second-order valence-corrected chi connectivity index (χ2v) is 5.64. The highest BCUT2D eigenvalue weighted by Gasteiger charge is 2.38. The summed E-state index contributed by atoms with van der Waals surface area (Å²) in [6.45, 7) is 2.03. The molecule has 0 radical (unpaired) electrons. The van der Waals surface area contributed by atoms with Crippen LogP contribution in [0.3, 0.4) is 0 Å². The first-order valence-electron chi connectivity index (χ1n) is 6.97. The minimum atomic E-state index is -0.539. The molecular formula is C15H20N2O2. The van der Waals surface area contributed by atoms with E-state index in [1.807, 2.05) is 18.2 Å². The van der Waals surface area contributed by atoms with Gasteiger partial charge in [0.05, 0.1) is 12.0 Å². The van der Waals surface area contributed by atoms with Crippen molar-refractivity contribution in [2.45, 2.75) is 31.5 Å². The molecule has 3 rings (SSSR count). The highest BCUT2D eigenvalue weighted by molar-refractivity contribution is 5.80. The number of likely N-dealkylation sites (tertiary alicyclic amines) is 1. The SMILES string of the molecule is O=C(NC1CC1)[C@H]1CN(Cc2ccccc2)C[C@@H]1O. The van der Waals surface area contributed by atoms with Gasteiger partial charge in [-0.3, -0.25) is 9.69 Å². The van der Waals surface area contributed by atoms with E-state index in [1.165, 1.54) is 5.56 Å². The molecule has 1 aromatic rings. The molecule has 1 aromatic carbocycles. The number of benzene rings is 1. The Morgan fingerprint density at radius 2 is 2.00 bits per heavy atom. The highest BCUT2D eigenvalue weighted by atomic mass is 16.3.